The number of hydrogen-bond acceptors (Lipinski definition) is 6. The van der Waals surface area contributed by atoms with Crippen LogP contribution in [0.15, 0.2) is 90.1 Å². The fraction of sp³-hybridized carbons (Fsp3) is 0.325. The molecular weight excluding hydrogens is 628 g/mol. The van der Waals surface area contributed by atoms with Crippen LogP contribution < -0.4 is 26.2 Å². The molecule has 50 heavy (non-hydrogen) atoms. The van der Waals surface area contributed by atoms with Gasteiger partial charge in [0.25, 0.3) is 5.56 Å². The minimum Gasteiger partial charge on any atom is -0.494 e. The number of amides is 3. The van der Waals surface area contributed by atoms with Gasteiger partial charge in [-0.25, -0.2) is 9.78 Å². The van der Waals surface area contributed by atoms with Gasteiger partial charge >= 0.3 is 6.03 Å². The van der Waals surface area contributed by atoms with Crippen molar-refractivity contribution in [1.82, 2.24) is 19.9 Å². The second kappa shape index (κ2) is 16.7. The average molecular weight is 675 g/mol. The van der Waals surface area contributed by atoms with E-state index in [9.17, 15) is 14.4 Å². The summed E-state index contributed by atoms with van der Waals surface area (Å²) in [6, 6.07) is 20.8. The minimum absolute atomic E-state index is 0.130. The molecule has 10 nitrogen and oxygen atoms in total. The molecule has 0 atom stereocenters. The van der Waals surface area contributed by atoms with Crippen LogP contribution in [0.3, 0.4) is 0 Å². The van der Waals surface area contributed by atoms with Crippen LogP contribution in [0.25, 0.3) is 22.2 Å². The van der Waals surface area contributed by atoms with Crippen molar-refractivity contribution in [2.24, 2.45) is 0 Å². The predicted molar refractivity (Wildman–Crippen MR) is 200 cm³/mol. The Morgan fingerprint density at radius 3 is 2.24 bits per heavy atom. The smallest absolute Gasteiger partial charge is 0.323 e. The molecule has 3 N–H and O–H groups in total. The van der Waals surface area contributed by atoms with Crippen molar-refractivity contribution in [3.05, 3.63) is 112 Å². The second-order valence-electron chi connectivity index (χ2n) is 13.0. The number of aryl methyl sites for hydroxylation is 2. The van der Waals surface area contributed by atoms with E-state index in [-0.39, 0.29) is 30.0 Å². The normalized spacial score (nSPS) is 11.2. The van der Waals surface area contributed by atoms with Gasteiger partial charge in [0.2, 0.25) is 5.91 Å². The molecule has 5 rings (SSSR count). The van der Waals surface area contributed by atoms with E-state index < -0.39 is 11.6 Å². The predicted octanol–water partition coefficient (Wildman–Crippen LogP) is 7.89. The van der Waals surface area contributed by atoms with Crippen molar-refractivity contribution in [2.75, 3.05) is 23.8 Å². The maximum Gasteiger partial charge on any atom is 0.323 e. The summed E-state index contributed by atoms with van der Waals surface area (Å²) in [5, 5.41) is 9.55. The fourth-order valence-electron chi connectivity index (χ4n) is 6.12. The SMILES string of the molecule is CC(=O)NCCCn1c(=O)c(NC(=O)Nc2c(C(C)C)cccc2C(C)C)c(-c2cccc(OCCCc3ccncc3)c2)c2cccnc21. The van der Waals surface area contributed by atoms with Gasteiger partial charge in [0.05, 0.1) is 6.61 Å². The number of hydrogen-bond donors (Lipinski definition) is 3. The highest BCUT2D eigenvalue weighted by Crippen LogP contribution is 2.36. The van der Waals surface area contributed by atoms with E-state index in [2.05, 4.69) is 53.6 Å². The van der Waals surface area contributed by atoms with Gasteiger partial charge in [-0.15, -0.1) is 0 Å². The number of para-hydroxylation sites is 1. The highest BCUT2D eigenvalue weighted by molar-refractivity contribution is 6.07. The van der Waals surface area contributed by atoms with Crippen LogP contribution in [-0.2, 0) is 17.8 Å². The standard InChI is InChI=1S/C40H46N6O4/c1-26(2)32-14-7-15-33(27(3)4)36(32)44-40(49)45-37-35(30-12-6-13-31(25-30)50-24-9-11-29-17-21-41-22-18-29)34-16-8-19-43-38(34)46(39(37)48)23-10-20-42-28(5)47/h6-8,12-19,21-22,25-27H,9-11,20,23-24H2,1-5H3,(H,42,47)(H2,44,45,49). The van der Waals surface area contributed by atoms with Crippen LogP contribution in [-0.4, -0.2) is 39.6 Å². The highest BCUT2D eigenvalue weighted by atomic mass is 16.5. The summed E-state index contributed by atoms with van der Waals surface area (Å²) in [6.45, 7) is 11.0. The molecule has 0 spiro atoms. The van der Waals surface area contributed by atoms with Crippen LogP contribution in [0.2, 0.25) is 0 Å². The Morgan fingerprint density at radius 2 is 1.54 bits per heavy atom. The van der Waals surface area contributed by atoms with E-state index in [0.29, 0.717) is 47.5 Å². The summed E-state index contributed by atoms with van der Waals surface area (Å²) in [5.74, 6) is 0.840. The maximum absolute atomic E-state index is 14.4. The molecule has 0 bridgehead atoms. The molecule has 5 aromatic rings. The maximum atomic E-state index is 14.4. The molecule has 2 aromatic carbocycles. The number of ether oxygens (including phenoxy) is 1. The van der Waals surface area contributed by atoms with Gasteiger partial charge < -0.3 is 20.7 Å². The third kappa shape index (κ3) is 8.74. The lowest BCUT2D eigenvalue weighted by Crippen LogP contribution is -2.31. The van der Waals surface area contributed by atoms with Gasteiger partial charge in [0.15, 0.2) is 0 Å². The Balaban J connectivity index is 1.54. The molecule has 260 valence electrons. The molecule has 3 heterocycles. The topological polar surface area (TPSA) is 127 Å². The number of nitrogens with one attached hydrogen (secondary N) is 3. The number of rotatable bonds is 14. The zero-order chi connectivity index (χ0) is 35.6. The molecule has 0 aliphatic carbocycles. The lowest BCUT2D eigenvalue weighted by atomic mass is 9.93. The molecular formula is C40H46N6O4. The molecule has 0 aliphatic heterocycles. The zero-order valence-corrected chi connectivity index (χ0v) is 29.5. The minimum atomic E-state index is -0.519. The summed E-state index contributed by atoms with van der Waals surface area (Å²) in [5.41, 5.74) is 5.44. The number of benzene rings is 2. The Kier molecular flexibility index (Phi) is 12.0. The van der Waals surface area contributed by atoms with Crippen molar-refractivity contribution in [3.8, 4) is 16.9 Å². The molecule has 0 saturated carbocycles. The Morgan fingerprint density at radius 1 is 0.840 bits per heavy atom. The van der Waals surface area contributed by atoms with Crippen LogP contribution in [0, 0.1) is 0 Å². The molecule has 0 aliphatic rings. The summed E-state index contributed by atoms with van der Waals surface area (Å²) in [7, 11) is 0. The van der Waals surface area contributed by atoms with Crippen molar-refractivity contribution in [3.63, 3.8) is 0 Å². The number of carbonyl (C=O) groups is 2. The number of fused-ring (bicyclic) bond motifs is 1. The number of anilines is 2. The Hall–Kier alpha value is -5.51. The third-order valence-corrected chi connectivity index (χ3v) is 8.55. The first kappa shape index (κ1) is 35.8. The number of carbonyl (C=O) groups excluding carboxylic acids is 2. The van der Waals surface area contributed by atoms with Crippen LogP contribution in [0.1, 0.15) is 76.0 Å². The highest BCUT2D eigenvalue weighted by Gasteiger charge is 2.23. The first-order valence-corrected chi connectivity index (χ1v) is 17.2. The van der Waals surface area contributed by atoms with E-state index in [1.807, 2.05) is 66.7 Å². The van der Waals surface area contributed by atoms with Crippen molar-refractivity contribution in [1.29, 1.82) is 0 Å². The Bertz CT molecular complexity index is 1980. The van der Waals surface area contributed by atoms with Gasteiger partial charge in [-0.3, -0.25) is 19.1 Å². The lowest BCUT2D eigenvalue weighted by molar-refractivity contribution is -0.118. The van der Waals surface area contributed by atoms with Gasteiger partial charge in [-0.05, 0) is 89.8 Å². The third-order valence-electron chi connectivity index (χ3n) is 8.55. The first-order valence-electron chi connectivity index (χ1n) is 17.2. The first-order chi connectivity index (χ1) is 24.1. The summed E-state index contributed by atoms with van der Waals surface area (Å²) in [4.78, 5) is 48.6. The monoisotopic (exact) mass is 674 g/mol. The largest absolute Gasteiger partial charge is 0.494 e. The van der Waals surface area contributed by atoms with E-state index in [1.165, 1.54) is 12.5 Å². The molecule has 3 amide bonds. The van der Waals surface area contributed by atoms with Crippen molar-refractivity contribution >= 4 is 34.3 Å². The molecule has 0 saturated heterocycles. The van der Waals surface area contributed by atoms with Crippen LogP contribution >= 0.6 is 0 Å². The number of nitrogens with zero attached hydrogens (tertiary/aromatic N) is 3. The molecule has 0 unspecified atom stereocenters. The van der Waals surface area contributed by atoms with E-state index in [4.69, 9.17) is 4.74 Å². The van der Waals surface area contributed by atoms with Crippen molar-refractivity contribution < 1.29 is 14.3 Å². The fourth-order valence-corrected chi connectivity index (χ4v) is 6.12. The Labute approximate surface area is 293 Å². The number of aromatic nitrogens is 3. The molecule has 10 heteroatoms. The van der Waals surface area contributed by atoms with E-state index in [0.717, 1.165) is 29.7 Å². The van der Waals surface area contributed by atoms with Gasteiger partial charge in [0, 0.05) is 55.2 Å². The molecule has 0 radical (unpaired) electrons. The van der Waals surface area contributed by atoms with E-state index in [1.54, 1.807) is 23.2 Å². The van der Waals surface area contributed by atoms with E-state index >= 15 is 0 Å². The van der Waals surface area contributed by atoms with Crippen LogP contribution in [0.5, 0.6) is 5.75 Å². The van der Waals surface area contributed by atoms with Gasteiger partial charge in [-0.1, -0.05) is 58.0 Å². The summed E-state index contributed by atoms with van der Waals surface area (Å²) in [6.07, 6.45) is 7.40. The zero-order valence-electron chi connectivity index (χ0n) is 29.5. The number of urea groups is 1. The van der Waals surface area contributed by atoms with Gasteiger partial charge in [0.1, 0.15) is 17.1 Å². The lowest BCUT2D eigenvalue weighted by Gasteiger charge is -2.22. The second-order valence-corrected chi connectivity index (χ2v) is 13.0. The number of pyridine rings is 3. The quantitative estimate of drug-likeness (QED) is 0.103. The molecule has 3 aromatic heterocycles. The average Bonchev–Trinajstić information content (AvgIpc) is 3.10. The van der Waals surface area contributed by atoms with Crippen molar-refractivity contribution in [2.45, 2.75) is 72.3 Å². The summed E-state index contributed by atoms with van der Waals surface area (Å²) >= 11 is 0. The van der Waals surface area contributed by atoms with Gasteiger partial charge in [-0.2, -0.15) is 0 Å². The summed E-state index contributed by atoms with van der Waals surface area (Å²) < 4.78 is 7.73. The van der Waals surface area contributed by atoms with Crippen LogP contribution in [0.4, 0.5) is 16.2 Å². The molecule has 0 fully saturated rings.